The molecule has 3 N–H and O–H groups in total. The summed E-state index contributed by atoms with van der Waals surface area (Å²) in [5, 5.41) is 8.84. The van der Waals surface area contributed by atoms with Crippen molar-refractivity contribution in [2.75, 3.05) is 12.3 Å². The third-order valence-corrected chi connectivity index (χ3v) is 2.44. The van der Waals surface area contributed by atoms with E-state index in [1.807, 2.05) is 0 Å². The number of nitrogen functional groups attached to an aromatic ring is 1. The molecule has 0 unspecified atom stereocenters. The topological polar surface area (TPSA) is 72.5 Å². The molecular formula is C11H13NO3. The Bertz CT molecular complexity index is 385. The van der Waals surface area contributed by atoms with Gasteiger partial charge in [0.15, 0.2) is 0 Å². The first-order chi connectivity index (χ1) is 7.16. The summed E-state index contributed by atoms with van der Waals surface area (Å²) >= 11 is 0. The number of benzene rings is 1. The summed E-state index contributed by atoms with van der Waals surface area (Å²) in [5.41, 5.74) is 5.89. The fraction of sp³-hybridized carbons (Fsp3) is 0.364. The molecule has 1 aliphatic carbocycles. The Labute approximate surface area is 87.7 Å². The monoisotopic (exact) mass is 207 g/mol. The second-order valence-corrected chi connectivity index (χ2v) is 3.81. The number of rotatable bonds is 4. The third kappa shape index (κ3) is 2.40. The number of carbonyl (C=O) groups is 1. The molecule has 1 aromatic carbocycles. The van der Waals surface area contributed by atoms with Gasteiger partial charge in [-0.2, -0.15) is 0 Å². The summed E-state index contributed by atoms with van der Waals surface area (Å²) in [5.74, 6) is 0.203. The summed E-state index contributed by atoms with van der Waals surface area (Å²) in [7, 11) is 0. The Morgan fingerprint density at radius 1 is 1.53 bits per heavy atom. The Balaban J connectivity index is 2.10. The van der Waals surface area contributed by atoms with E-state index >= 15 is 0 Å². The molecule has 4 nitrogen and oxygen atoms in total. The molecule has 4 heteroatoms. The zero-order valence-corrected chi connectivity index (χ0v) is 8.27. The molecule has 0 amide bonds. The van der Waals surface area contributed by atoms with Gasteiger partial charge >= 0.3 is 5.97 Å². The highest BCUT2D eigenvalue weighted by Gasteiger charge is 2.22. The van der Waals surface area contributed by atoms with Gasteiger partial charge in [-0.1, -0.05) is 0 Å². The van der Waals surface area contributed by atoms with Crippen LogP contribution in [0.1, 0.15) is 23.2 Å². The van der Waals surface area contributed by atoms with Crippen LogP contribution in [-0.4, -0.2) is 17.7 Å². The normalized spacial score (nSPS) is 14.9. The molecule has 1 aliphatic rings. The average Bonchev–Trinajstić information content (AvgIpc) is 3.00. The second kappa shape index (κ2) is 3.81. The van der Waals surface area contributed by atoms with Crippen LogP contribution in [-0.2, 0) is 0 Å². The third-order valence-electron chi connectivity index (χ3n) is 2.44. The van der Waals surface area contributed by atoms with Crippen molar-refractivity contribution in [3.63, 3.8) is 0 Å². The molecule has 0 radical (unpaired) electrons. The molecule has 0 bridgehead atoms. The van der Waals surface area contributed by atoms with Crippen LogP contribution in [0.2, 0.25) is 0 Å². The molecule has 0 heterocycles. The number of aromatic carboxylic acids is 1. The van der Waals surface area contributed by atoms with Crippen LogP contribution in [0.3, 0.4) is 0 Å². The van der Waals surface area contributed by atoms with E-state index in [2.05, 4.69) is 0 Å². The number of carboxylic acid groups (broad SMARTS) is 1. The predicted octanol–water partition coefficient (Wildman–Crippen LogP) is 1.76. The van der Waals surface area contributed by atoms with Gasteiger partial charge in [-0.15, -0.1) is 0 Å². The van der Waals surface area contributed by atoms with Crippen molar-refractivity contribution in [1.82, 2.24) is 0 Å². The van der Waals surface area contributed by atoms with Crippen LogP contribution in [0.4, 0.5) is 5.69 Å². The van der Waals surface area contributed by atoms with Crippen molar-refractivity contribution in [2.45, 2.75) is 12.8 Å². The fourth-order valence-corrected chi connectivity index (χ4v) is 1.31. The van der Waals surface area contributed by atoms with E-state index in [-0.39, 0.29) is 11.3 Å². The van der Waals surface area contributed by atoms with Crippen LogP contribution < -0.4 is 10.5 Å². The molecule has 1 saturated carbocycles. The quantitative estimate of drug-likeness (QED) is 0.738. The second-order valence-electron chi connectivity index (χ2n) is 3.81. The van der Waals surface area contributed by atoms with Gasteiger partial charge in [-0.25, -0.2) is 4.79 Å². The Morgan fingerprint density at radius 3 is 2.87 bits per heavy atom. The van der Waals surface area contributed by atoms with Crippen molar-refractivity contribution in [3.8, 4) is 5.75 Å². The minimum Gasteiger partial charge on any atom is -0.493 e. The molecule has 1 fully saturated rings. The van der Waals surface area contributed by atoms with E-state index in [1.54, 1.807) is 12.1 Å². The maximum Gasteiger partial charge on any atom is 0.337 e. The number of nitrogens with two attached hydrogens (primary N) is 1. The van der Waals surface area contributed by atoms with E-state index in [1.165, 1.54) is 18.9 Å². The van der Waals surface area contributed by atoms with Gasteiger partial charge in [-0.3, -0.25) is 0 Å². The van der Waals surface area contributed by atoms with Crippen molar-refractivity contribution >= 4 is 11.7 Å². The van der Waals surface area contributed by atoms with Gasteiger partial charge in [0, 0.05) is 5.69 Å². The Morgan fingerprint density at radius 2 is 2.27 bits per heavy atom. The lowest BCUT2D eigenvalue weighted by Crippen LogP contribution is -2.04. The van der Waals surface area contributed by atoms with Crippen molar-refractivity contribution in [1.29, 1.82) is 0 Å². The van der Waals surface area contributed by atoms with Gasteiger partial charge in [0.05, 0.1) is 12.2 Å². The summed E-state index contributed by atoms with van der Waals surface area (Å²) in [6.07, 6.45) is 2.42. The van der Waals surface area contributed by atoms with Crippen LogP contribution in [0.25, 0.3) is 0 Å². The van der Waals surface area contributed by atoms with Crippen molar-refractivity contribution in [2.24, 2.45) is 5.92 Å². The van der Waals surface area contributed by atoms with Gasteiger partial charge < -0.3 is 15.6 Å². The van der Waals surface area contributed by atoms with Crippen LogP contribution in [0, 0.1) is 5.92 Å². The Hall–Kier alpha value is -1.71. The van der Waals surface area contributed by atoms with E-state index in [0.717, 1.165) is 0 Å². The van der Waals surface area contributed by atoms with Gasteiger partial charge in [0.2, 0.25) is 0 Å². The average molecular weight is 207 g/mol. The van der Waals surface area contributed by atoms with E-state index in [9.17, 15) is 4.79 Å². The van der Waals surface area contributed by atoms with Crippen LogP contribution >= 0.6 is 0 Å². The standard InChI is InChI=1S/C11H13NO3/c12-10-4-3-8(5-9(10)11(13)14)15-6-7-1-2-7/h3-5,7H,1-2,6,12H2,(H,13,14). The molecule has 0 spiro atoms. The summed E-state index contributed by atoms with van der Waals surface area (Å²) in [6, 6.07) is 4.73. The van der Waals surface area contributed by atoms with Crippen molar-refractivity contribution < 1.29 is 14.6 Å². The molecule has 0 aliphatic heterocycles. The maximum absolute atomic E-state index is 10.8. The maximum atomic E-state index is 10.8. The zero-order valence-electron chi connectivity index (χ0n) is 8.27. The number of ether oxygens (including phenoxy) is 1. The van der Waals surface area contributed by atoms with Crippen molar-refractivity contribution in [3.05, 3.63) is 23.8 Å². The minimum atomic E-state index is -1.02. The molecule has 0 saturated heterocycles. The molecule has 0 aromatic heterocycles. The van der Waals surface area contributed by atoms with Gasteiger partial charge in [0.25, 0.3) is 0 Å². The highest BCUT2D eigenvalue weighted by Crippen LogP contribution is 2.30. The smallest absolute Gasteiger partial charge is 0.337 e. The van der Waals surface area contributed by atoms with E-state index in [4.69, 9.17) is 15.6 Å². The van der Waals surface area contributed by atoms with E-state index < -0.39 is 5.97 Å². The first-order valence-corrected chi connectivity index (χ1v) is 4.92. The lowest BCUT2D eigenvalue weighted by Gasteiger charge is -2.07. The zero-order chi connectivity index (χ0) is 10.8. The summed E-state index contributed by atoms with van der Waals surface area (Å²) in [4.78, 5) is 10.8. The number of hydrogen-bond acceptors (Lipinski definition) is 3. The Kier molecular flexibility index (Phi) is 2.49. The molecule has 80 valence electrons. The molecule has 1 aromatic rings. The summed E-state index contributed by atoms with van der Waals surface area (Å²) < 4.78 is 5.46. The number of anilines is 1. The lowest BCUT2D eigenvalue weighted by molar-refractivity contribution is 0.0697. The SMILES string of the molecule is Nc1ccc(OCC2CC2)cc1C(=O)O. The molecule has 2 rings (SSSR count). The van der Waals surface area contributed by atoms with Gasteiger partial charge in [0.1, 0.15) is 5.75 Å². The molecule has 15 heavy (non-hydrogen) atoms. The first-order valence-electron chi connectivity index (χ1n) is 4.92. The van der Waals surface area contributed by atoms with Crippen LogP contribution in [0.5, 0.6) is 5.75 Å². The first kappa shape index (κ1) is 9.83. The highest BCUT2D eigenvalue weighted by atomic mass is 16.5. The lowest BCUT2D eigenvalue weighted by atomic mass is 10.2. The number of carboxylic acids is 1. The van der Waals surface area contributed by atoms with Crippen LogP contribution in [0.15, 0.2) is 18.2 Å². The highest BCUT2D eigenvalue weighted by molar-refractivity contribution is 5.94. The van der Waals surface area contributed by atoms with E-state index in [0.29, 0.717) is 18.3 Å². The largest absolute Gasteiger partial charge is 0.493 e. The number of hydrogen-bond donors (Lipinski definition) is 2. The summed E-state index contributed by atoms with van der Waals surface area (Å²) in [6.45, 7) is 0.670. The molecule has 0 atom stereocenters. The minimum absolute atomic E-state index is 0.100. The predicted molar refractivity (Wildman–Crippen MR) is 56.0 cm³/mol. The van der Waals surface area contributed by atoms with Gasteiger partial charge in [-0.05, 0) is 37.0 Å². The molecular weight excluding hydrogens is 194 g/mol. The fourth-order valence-electron chi connectivity index (χ4n) is 1.31.